The molecular formula is C13H15BrClNO. The van der Waals surface area contributed by atoms with Crippen LogP contribution in [0.25, 0.3) is 0 Å². The lowest BCUT2D eigenvalue weighted by Crippen LogP contribution is -2.38. The van der Waals surface area contributed by atoms with E-state index in [0.717, 1.165) is 31.8 Å². The van der Waals surface area contributed by atoms with Gasteiger partial charge in [0.2, 0.25) is 0 Å². The quantitative estimate of drug-likeness (QED) is 0.767. The van der Waals surface area contributed by atoms with E-state index in [4.69, 9.17) is 11.6 Å². The van der Waals surface area contributed by atoms with Gasteiger partial charge in [0.15, 0.2) is 0 Å². The lowest BCUT2D eigenvalue weighted by atomic mass is 9.98. The van der Waals surface area contributed by atoms with Crippen LogP contribution in [-0.4, -0.2) is 23.9 Å². The molecule has 1 aliphatic rings. The van der Waals surface area contributed by atoms with Crippen LogP contribution >= 0.6 is 27.5 Å². The fourth-order valence-electron chi connectivity index (χ4n) is 2.05. The topological polar surface area (TPSA) is 20.3 Å². The van der Waals surface area contributed by atoms with E-state index in [1.165, 1.54) is 0 Å². The van der Waals surface area contributed by atoms with Crippen LogP contribution in [0.3, 0.4) is 0 Å². The van der Waals surface area contributed by atoms with Crippen molar-refractivity contribution in [3.8, 4) is 0 Å². The number of carbonyl (C=O) groups is 1. The van der Waals surface area contributed by atoms with Gasteiger partial charge in [-0.05, 0) is 46.8 Å². The van der Waals surface area contributed by atoms with Crippen LogP contribution in [0.5, 0.6) is 0 Å². The average molecular weight is 317 g/mol. The second-order valence-electron chi connectivity index (χ2n) is 4.58. The minimum absolute atomic E-state index is 0.0753. The van der Waals surface area contributed by atoms with Gasteiger partial charge in [-0.25, -0.2) is 0 Å². The molecule has 0 saturated carbocycles. The van der Waals surface area contributed by atoms with Gasteiger partial charge in [-0.1, -0.05) is 24.6 Å². The molecule has 1 aromatic rings. The molecule has 0 unspecified atom stereocenters. The SMILES string of the molecule is CC1CCN(C(=O)c2cccc(Cl)c2Br)CC1. The van der Waals surface area contributed by atoms with E-state index in [2.05, 4.69) is 22.9 Å². The van der Waals surface area contributed by atoms with Gasteiger partial charge in [0.25, 0.3) is 5.91 Å². The monoisotopic (exact) mass is 315 g/mol. The number of likely N-dealkylation sites (tertiary alicyclic amines) is 1. The molecule has 2 nitrogen and oxygen atoms in total. The summed E-state index contributed by atoms with van der Waals surface area (Å²) in [5.41, 5.74) is 0.659. The molecule has 17 heavy (non-hydrogen) atoms. The summed E-state index contributed by atoms with van der Waals surface area (Å²) in [6.07, 6.45) is 2.17. The first kappa shape index (κ1) is 12.9. The van der Waals surface area contributed by atoms with Crippen molar-refractivity contribution < 1.29 is 4.79 Å². The zero-order valence-corrected chi connectivity index (χ0v) is 12.1. The van der Waals surface area contributed by atoms with E-state index >= 15 is 0 Å². The third-order valence-electron chi connectivity index (χ3n) is 3.25. The molecule has 4 heteroatoms. The van der Waals surface area contributed by atoms with Crippen LogP contribution in [-0.2, 0) is 0 Å². The minimum Gasteiger partial charge on any atom is -0.339 e. The average Bonchev–Trinajstić information content (AvgIpc) is 2.33. The molecule has 0 N–H and O–H groups in total. The van der Waals surface area contributed by atoms with Crippen molar-refractivity contribution in [2.45, 2.75) is 19.8 Å². The number of nitrogens with zero attached hydrogens (tertiary/aromatic N) is 1. The predicted molar refractivity (Wildman–Crippen MR) is 73.5 cm³/mol. The highest BCUT2D eigenvalue weighted by Crippen LogP contribution is 2.28. The predicted octanol–water partition coefficient (Wildman–Crippen LogP) is 3.97. The Morgan fingerprint density at radius 1 is 1.41 bits per heavy atom. The standard InChI is InChI=1S/C13H15BrClNO/c1-9-5-7-16(8-6-9)13(17)10-3-2-4-11(15)12(10)14/h2-4,9H,5-8H2,1H3. The first-order valence-corrected chi connectivity index (χ1v) is 7.00. The van der Waals surface area contributed by atoms with E-state index in [1.807, 2.05) is 17.0 Å². The van der Waals surface area contributed by atoms with Crippen molar-refractivity contribution in [2.75, 3.05) is 13.1 Å². The van der Waals surface area contributed by atoms with E-state index in [-0.39, 0.29) is 5.91 Å². The largest absolute Gasteiger partial charge is 0.339 e. The van der Waals surface area contributed by atoms with E-state index in [1.54, 1.807) is 6.07 Å². The lowest BCUT2D eigenvalue weighted by Gasteiger charge is -2.30. The maximum Gasteiger partial charge on any atom is 0.255 e. The van der Waals surface area contributed by atoms with E-state index < -0.39 is 0 Å². The summed E-state index contributed by atoms with van der Waals surface area (Å²) >= 11 is 9.38. The highest BCUT2D eigenvalue weighted by molar-refractivity contribution is 9.10. The Morgan fingerprint density at radius 3 is 2.71 bits per heavy atom. The molecule has 1 fully saturated rings. The number of amides is 1. The molecule has 1 heterocycles. The fraction of sp³-hybridized carbons (Fsp3) is 0.462. The smallest absolute Gasteiger partial charge is 0.255 e. The maximum atomic E-state index is 12.3. The molecule has 2 rings (SSSR count). The zero-order valence-electron chi connectivity index (χ0n) is 9.75. The Bertz CT molecular complexity index is 427. The highest BCUT2D eigenvalue weighted by Gasteiger charge is 2.23. The second-order valence-corrected chi connectivity index (χ2v) is 5.78. The van der Waals surface area contributed by atoms with Gasteiger partial charge in [-0.3, -0.25) is 4.79 Å². The van der Waals surface area contributed by atoms with Gasteiger partial charge in [0.1, 0.15) is 0 Å². The Balaban J connectivity index is 2.17. The van der Waals surface area contributed by atoms with E-state index in [9.17, 15) is 4.79 Å². The third-order valence-corrected chi connectivity index (χ3v) is 4.65. The highest BCUT2D eigenvalue weighted by atomic mass is 79.9. The number of hydrogen-bond acceptors (Lipinski definition) is 1. The van der Waals surface area contributed by atoms with Crippen molar-refractivity contribution in [3.63, 3.8) is 0 Å². The van der Waals surface area contributed by atoms with Crippen molar-refractivity contribution in [3.05, 3.63) is 33.3 Å². The molecule has 92 valence electrons. The van der Waals surface area contributed by atoms with Crippen LogP contribution in [0.15, 0.2) is 22.7 Å². The first-order valence-electron chi connectivity index (χ1n) is 5.83. The molecule has 1 amide bonds. The van der Waals surface area contributed by atoms with E-state index in [0.29, 0.717) is 15.1 Å². The molecule has 0 radical (unpaired) electrons. The van der Waals surface area contributed by atoms with Crippen LogP contribution < -0.4 is 0 Å². The summed E-state index contributed by atoms with van der Waals surface area (Å²) in [5, 5.41) is 0.584. The molecule has 0 aromatic heterocycles. The fourth-order valence-corrected chi connectivity index (χ4v) is 2.66. The number of rotatable bonds is 1. The summed E-state index contributed by atoms with van der Waals surface area (Å²) in [4.78, 5) is 14.2. The number of carbonyl (C=O) groups excluding carboxylic acids is 1. The third kappa shape index (κ3) is 2.83. The molecule has 0 spiro atoms. The van der Waals surface area contributed by atoms with Crippen LogP contribution in [0, 0.1) is 5.92 Å². The molecule has 0 bridgehead atoms. The molecule has 0 atom stereocenters. The summed E-state index contributed by atoms with van der Waals surface area (Å²) in [7, 11) is 0. The van der Waals surface area contributed by atoms with Gasteiger partial charge in [-0.2, -0.15) is 0 Å². The molecule has 0 aliphatic carbocycles. The van der Waals surface area contributed by atoms with Crippen LogP contribution in [0.4, 0.5) is 0 Å². The van der Waals surface area contributed by atoms with Crippen molar-refractivity contribution in [1.82, 2.24) is 4.90 Å². The Hall–Kier alpha value is -0.540. The lowest BCUT2D eigenvalue weighted by molar-refractivity contribution is 0.0696. The van der Waals surface area contributed by atoms with Crippen molar-refractivity contribution in [2.24, 2.45) is 5.92 Å². The van der Waals surface area contributed by atoms with Crippen LogP contribution in [0.2, 0.25) is 5.02 Å². The van der Waals surface area contributed by atoms with Gasteiger partial charge in [0.05, 0.1) is 10.6 Å². The zero-order chi connectivity index (χ0) is 12.4. The Kier molecular flexibility index (Phi) is 4.10. The van der Waals surface area contributed by atoms with Crippen LogP contribution in [0.1, 0.15) is 30.1 Å². The summed E-state index contributed by atoms with van der Waals surface area (Å²) in [6, 6.07) is 5.41. The number of hydrogen-bond donors (Lipinski definition) is 0. The van der Waals surface area contributed by atoms with Gasteiger partial charge in [-0.15, -0.1) is 0 Å². The Morgan fingerprint density at radius 2 is 2.06 bits per heavy atom. The molecule has 1 aromatic carbocycles. The molecule has 1 aliphatic heterocycles. The number of piperidine rings is 1. The van der Waals surface area contributed by atoms with Crippen molar-refractivity contribution in [1.29, 1.82) is 0 Å². The molecule has 1 saturated heterocycles. The van der Waals surface area contributed by atoms with Gasteiger partial charge >= 0.3 is 0 Å². The van der Waals surface area contributed by atoms with Crippen molar-refractivity contribution >= 4 is 33.4 Å². The molecular weight excluding hydrogens is 302 g/mol. The minimum atomic E-state index is 0.0753. The summed E-state index contributed by atoms with van der Waals surface area (Å²) < 4.78 is 0.699. The van der Waals surface area contributed by atoms with Gasteiger partial charge in [0, 0.05) is 17.6 Å². The first-order chi connectivity index (χ1) is 8.09. The summed E-state index contributed by atoms with van der Waals surface area (Å²) in [6.45, 7) is 3.93. The Labute approximate surface area is 115 Å². The second kappa shape index (κ2) is 5.40. The normalized spacial score (nSPS) is 17.2. The maximum absolute atomic E-state index is 12.3. The number of halogens is 2. The number of benzene rings is 1. The summed E-state index contributed by atoms with van der Waals surface area (Å²) in [5.74, 6) is 0.799. The van der Waals surface area contributed by atoms with Gasteiger partial charge < -0.3 is 4.90 Å².